The zero-order valence-electron chi connectivity index (χ0n) is 20.5. The number of hydrogen-bond acceptors (Lipinski definition) is 6. The van der Waals surface area contributed by atoms with Crippen LogP contribution in [-0.2, 0) is 16.0 Å². The second kappa shape index (κ2) is 9.97. The van der Waals surface area contributed by atoms with Gasteiger partial charge in [0.15, 0.2) is 0 Å². The molecule has 0 saturated carbocycles. The smallest absolute Gasteiger partial charge is 0.356 e. The normalized spacial score (nSPS) is 17.5. The third-order valence-electron chi connectivity index (χ3n) is 6.26. The fourth-order valence-electron chi connectivity index (χ4n) is 4.28. The van der Waals surface area contributed by atoms with Gasteiger partial charge in [-0.25, -0.2) is 22.8 Å². The van der Waals surface area contributed by atoms with Gasteiger partial charge in [0.05, 0.1) is 21.5 Å². The standard InChI is InChI=1S/C24H25F5N6O2S/c1-15-19(16-12-32-35(14-16)24(27,28)29)13-31-21(34-9-4-7-23(25,26)8-10-34)20(15)22(36)33-17-5-3-6-18(11-17)38(2,30)37/h3,5-6,11-14,30H,4,7-10H2,1-2H3,(H,33,36)/t38-/m1/s1. The van der Waals surface area contributed by atoms with Crippen LogP contribution in [0.15, 0.2) is 47.8 Å². The van der Waals surface area contributed by atoms with E-state index in [-0.39, 0.29) is 69.3 Å². The molecule has 0 bridgehead atoms. The predicted molar refractivity (Wildman–Crippen MR) is 132 cm³/mol. The number of rotatable bonds is 5. The zero-order chi connectivity index (χ0) is 27.9. The van der Waals surface area contributed by atoms with Crippen molar-refractivity contribution in [2.75, 3.05) is 29.6 Å². The summed E-state index contributed by atoms with van der Waals surface area (Å²) in [6, 6.07) is 5.92. The van der Waals surface area contributed by atoms with E-state index in [4.69, 9.17) is 4.78 Å². The van der Waals surface area contributed by atoms with E-state index in [0.29, 0.717) is 0 Å². The predicted octanol–water partition coefficient (Wildman–Crippen LogP) is 5.64. The molecule has 2 N–H and O–H groups in total. The Hall–Kier alpha value is -3.55. The van der Waals surface area contributed by atoms with Crippen LogP contribution in [-0.4, -0.2) is 50.1 Å². The summed E-state index contributed by atoms with van der Waals surface area (Å²) in [5, 5.41) is 6.01. The fourth-order valence-corrected chi connectivity index (χ4v) is 4.97. The molecule has 3 heterocycles. The molecular weight excluding hydrogens is 531 g/mol. The van der Waals surface area contributed by atoms with Gasteiger partial charge in [-0.05, 0) is 37.1 Å². The van der Waals surface area contributed by atoms with E-state index in [1.165, 1.54) is 43.6 Å². The first-order chi connectivity index (χ1) is 17.7. The Balaban J connectivity index is 1.79. The summed E-state index contributed by atoms with van der Waals surface area (Å²) in [4.78, 5) is 19.7. The van der Waals surface area contributed by atoms with E-state index in [2.05, 4.69) is 15.4 Å². The first kappa shape index (κ1) is 27.5. The Morgan fingerprint density at radius 3 is 2.58 bits per heavy atom. The number of alkyl halides is 5. The number of nitrogens with zero attached hydrogens (tertiary/aromatic N) is 4. The summed E-state index contributed by atoms with van der Waals surface area (Å²) >= 11 is 0. The zero-order valence-corrected chi connectivity index (χ0v) is 21.3. The fraction of sp³-hybridized carbons (Fsp3) is 0.375. The van der Waals surface area contributed by atoms with Crippen molar-refractivity contribution in [3.63, 3.8) is 0 Å². The molecule has 1 atom stereocenters. The molecule has 1 aromatic carbocycles. The molecule has 1 aliphatic rings. The topological polar surface area (TPSA) is 104 Å². The molecule has 0 unspecified atom stereocenters. The lowest BCUT2D eigenvalue weighted by molar-refractivity contribution is -0.212. The third-order valence-corrected chi connectivity index (χ3v) is 7.41. The van der Waals surface area contributed by atoms with Crippen molar-refractivity contribution >= 4 is 27.1 Å². The van der Waals surface area contributed by atoms with Crippen LogP contribution in [0.3, 0.4) is 0 Å². The summed E-state index contributed by atoms with van der Waals surface area (Å²) in [5.41, 5.74) is 0.794. The average molecular weight is 557 g/mol. The molecule has 1 aliphatic heterocycles. The summed E-state index contributed by atoms with van der Waals surface area (Å²) < 4.78 is 87.2. The van der Waals surface area contributed by atoms with Gasteiger partial charge >= 0.3 is 6.30 Å². The van der Waals surface area contributed by atoms with Crippen LogP contribution in [0.5, 0.6) is 0 Å². The number of hydrogen-bond donors (Lipinski definition) is 2. The van der Waals surface area contributed by atoms with E-state index >= 15 is 0 Å². The molecule has 2 aromatic heterocycles. The number of carbonyl (C=O) groups is 1. The highest BCUT2D eigenvalue weighted by atomic mass is 32.2. The molecule has 4 rings (SSSR count). The van der Waals surface area contributed by atoms with E-state index < -0.39 is 34.3 Å². The van der Waals surface area contributed by atoms with Gasteiger partial charge in [0.1, 0.15) is 5.82 Å². The molecule has 1 fully saturated rings. The summed E-state index contributed by atoms with van der Waals surface area (Å²) in [6.45, 7) is 1.67. The van der Waals surface area contributed by atoms with Gasteiger partial charge in [0, 0.05) is 66.3 Å². The monoisotopic (exact) mass is 556 g/mol. The maximum Gasteiger partial charge on any atom is 0.504 e. The van der Waals surface area contributed by atoms with Crippen molar-refractivity contribution in [1.82, 2.24) is 14.8 Å². The molecule has 1 saturated heterocycles. The van der Waals surface area contributed by atoms with Crippen LogP contribution >= 0.6 is 0 Å². The lowest BCUT2D eigenvalue weighted by Gasteiger charge is -2.26. The first-order valence-corrected chi connectivity index (χ1v) is 13.5. The SMILES string of the molecule is Cc1c(-c2cnn(C(F)(F)F)c2)cnc(N2CCCC(F)(F)CC2)c1C(=O)Nc1cccc([S@](C)(=N)=O)c1. The largest absolute Gasteiger partial charge is 0.504 e. The Kier molecular flexibility index (Phi) is 7.21. The molecular formula is C24H25F5N6O2S. The Bertz CT molecular complexity index is 1470. The van der Waals surface area contributed by atoms with Gasteiger partial charge in [-0.3, -0.25) is 4.79 Å². The van der Waals surface area contributed by atoms with Gasteiger partial charge in [-0.15, -0.1) is 13.2 Å². The Labute approximate surface area is 215 Å². The van der Waals surface area contributed by atoms with Gasteiger partial charge in [0.2, 0.25) is 5.92 Å². The highest BCUT2D eigenvalue weighted by Gasteiger charge is 2.35. The van der Waals surface area contributed by atoms with Crippen LogP contribution in [0.25, 0.3) is 11.1 Å². The Morgan fingerprint density at radius 2 is 1.92 bits per heavy atom. The number of anilines is 2. The van der Waals surface area contributed by atoms with Crippen molar-refractivity contribution < 1.29 is 31.0 Å². The van der Waals surface area contributed by atoms with Crippen molar-refractivity contribution in [3.05, 3.63) is 54.0 Å². The Morgan fingerprint density at radius 1 is 1.18 bits per heavy atom. The van der Waals surface area contributed by atoms with Gasteiger partial charge in [0.25, 0.3) is 5.91 Å². The molecule has 1 amide bonds. The minimum absolute atomic E-state index is 0.000911. The molecule has 0 radical (unpaired) electrons. The summed E-state index contributed by atoms with van der Waals surface area (Å²) in [6.07, 6.45) is -1.02. The third kappa shape index (κ3) is 5.95. The lowest BCUT2D eigenvalue weighted by atomic mass is 9.99. The summed E-state index contributed by atoms with van der Waals surface area (Å²) in [7, 11) is -3.07. The molecule has 204 valence electrons. The molecule has 8 nitrogen and oxygen atoms in total. The van der Waals surface area contributed by atoms with Gasteiger partial charge in [-0.1, -0.05) is 6.07 Å². The van der Waals surface area contributed by atoms with E-state index in [1.54, 1.807) is 4.90 Å². The number of aromatic nitrogens is 3. The van der Waals surface area contributed by atoms with Crippen LogP contribution in [0.4, 0.5) is 33.5 Å². The van der Waals surface area contributed by atoms with E-state index in [9.17, 15) is 31.0 Å². The lowest BCUT2D eigenvalue weighted by Crippen LogP contribution is -2.30. The van der Waals surface area contributed by atoms with Crippen LogP contribution in [0.1, 0.15) is 35.2 Å². The van der Waals surface area contributed by atoms with Gasteiger partial charge in [-0.2, -0.15) is 9.78 Å². The number of halogens is 5. The van der Waals surface area contributed by atoms with Crippen LogP contribution in [0.2, 0.25) is 0 Å². The van der Waals surface area contributed by atoms with E-state index in [0.717, 1.165) is 12.4 Å². The van der Waals surface area contributed by atoms with Crippen LogP contribution < -0.4 is 10.2 Å². The first-order valence-electron chi connectivity index (χ1n) is 11.6. The van der Waals surface area contributed by atoms with Crippen molar-refractivity contribution in [2.45, 2.75) is 43.3 Å². The molecule has 3 aromatic rings. The minimum atomic E-state index is -4.74. The number of benzene rings is 1. The van der Waals surface area contributed by atoms with E-state index in [1.807, 2.05) is 0 Å². The number of carbonyl (C=O) groups excluding carboxylic acids is 1. The highest BCUT2D eigenvalue weighted by Crippen LogP contribution is 2.35. The summed E-state index contributed by atoms with van der Waals surface area (Å²) in [5.74, 6) is -3.42. The maximum absolute atomic E-state index is 14.0. The number of amides is 1. The second-order valence-electron chi connectivity index (χ2n) is 9.16. The number of pyridine rings is 1. The molecule has 0 aliphatic carbocycles. The van der Waals surface area contributed by atoms with Crippen LogP contribution in [0, 0.1) is 11.7 Å². The minimum Gasteiger partial charge on any atom is -0.356 e. The second-order valence-corrected chi connectivity index (χ2v) is 11.3. The molecule has 0 spiro atoms. The van der Waals surface area contributed by atoms with Crippen molar-refractivity contribution in [2.24, 2.45) is 0 Å². The van der Waals surface area contributed by atoms with Crippen molar-refractivity contribution in [3.8, 4) is 11.1 Å². The highest BCUT2D eigenvalue weighted by molar-refractivity contribution is 7.91. The number of nitrogens with one attached hydrogen (secondary N) is 2. The maximum atomic E-state index is 14.0. The molecule has 14 heteroatoms. The quantitative estimate of drug-likeness (QED) is 0.396. The molecule has 38 heavy (non-hydrogen) atoms. The van der Waals surface area contributed by atoms with Gasteiger partial charge < -0.3 is 10.2 Å². The average Bonchev–Trinajstić information content (AvgIpc) is 3.24. The van der Waals surface area contributed by atoms with Crippen molar-refractivity contribution in [1.29, 1.82) is 4.78 Å².